The van der Waals surface area contributed by atoms with E-state index in [9.17, 15) is 0 Å². The third-order valence-corrected chi connectivity index (χ3v) is 5.24. The van der Waals surface area contributed by atoms with Crippen LogP contribution in [0.25, 0.3) is 0 Å². The van der Waals surface area contributed by atoms with Crippen molar-refractivity contribution in [3.8, 4) is 0 Å². The highest BCUT2D eigenvalue weighted by Gasteiger charge is 2.00. The van der Waals surface area contributed by atoms with Gasteiger partial charge >= 0.3 is 0 Å². The summed E-state index contributed by atoms with van der Waals surface area (Å²) in [5.41, 5.74) is 8.22. The molecule has 0 radical (unpaired) electrons. The smallest absolute Gasteiger partial charge is 0.0267 e. The lowest BCUT2D eigenvalue weighted by Crippen LogP contribution is -1.92. The largest absolute Gasteiger partial charge is 0.265 e. The number of nitrogens with zero attached hydrogens (tertiary/aromatic N) is 4. The predicted molar refractivity (Wildman–Crippen MR) is 172 cm³/mol. The second kappa shape index (κ2) is 20.9. The molecule has 0 fully saturated rings. The Morgan fingerprint density at radius 2 is 0.537 bits per heavy atom. The number of benzene rings is 2. The van der Waals surface area contributed by atoms with Crippen LogP contribution in [0.1, 0.15) is 33.4 Å². The van der Waals surface area contributed by atoms with Gasteiger partial charge in [0.1, 0.15) is 0 Å². The van der Waals surface area contributed by atoms with Crippen molar-refractivity contribution in [2.24, 2.45) is 0 Å². The number of aromatic nitrogens is 4. The molecule has 0 spiro atoms. The fourth-order valence-electron chi connectivity index (χ4n) is 3.83. The minimum Gasteiger partial charge on any atom is -0.265 e. The third-order valence-electron chi connectivity index (χ3n) is 5.24. The molecule has 0 unspecified atom stereocenters. The first-order valence-electron chi connectivity index (χ1n) is 13.6. The van der Waals surface area contributed by atoms with Gasteiger partial charge in [-0.25, -0.2) is 0 Å². The van der Waals surface area contributed by atoms with Crippen molar-refractivity contribution >= 4 is 0 Å². The van der Waals surface area contributed by atoms with E-state index in [-0.39, 0.29) is 0 Å². The number of hydrogen-bond donors (Lipinski definition) is 0. The molecule has 0 saturated heterocycles. The molecule has 0 aliphatic carbocycles. The van der Waals surface area contributed by atoms with E-state index in [0.717, 1.165) is 6.42 Å². The molecule has 0 aliphatic rings. The van der Waals surface area contributed by atoms with Crippen LogP contribution >= 0.6 is 0 Å². The molecule has 0 N–H and O–H groups in total. The molecule has 6 rings (SSSR count). The first-order chi connectivity index (χ1) is 20.0. The van der Waals surface area contributed by atoms with Gasteiger partial charge in [-0.2, -0.15) is 0 Å². The van der Waals surface area contributed by atoms with E-state index in [0.29, 0.717) is 0 Å². The Morgan fingerprint density at radius 1 is 0.317 bits per heavy atom. The molecule has 4 heteroatoms. The van der Waals surface area contributed by atoms with Gasteiger partial charge < -0.3 is 0 Å². The van der Waals surface area contributed by atoms with E-state index in [1.165, 1.54) is 33.4 Å². The highest BCUT2D eigenvalue weighted by atomic mass is 14.6. The van der Waals surface area contributed by atoms with Gasteiger partial charge in [0.25, 0.3) is 0 Å². The minimum absolute atomic E-state index is 1.03. The van der Waals surface area contributed by atoms with Crippen LogP contribution in [0.4, 0.5) is 0 Å². The Balaban J connectivity index is 0.000000201. The van der Waals surface area contributed by atoms with E-state index in [1.807, 2.05) is 72.8 Å². The summed E-state index contributed by atoms with van der Waals surface area (Å²) in [5.74, 6) is 0. The molecular formula is C37H40N4. The predicted octanol–water partition coefficient (Wildman–Crippen LogP) is 8.84. The SMILES string of the molecule is Cc1cc(C)cc(Cc2cc(C)cc(C)c2)c1.c1ccncc1.c1ccncc1.c1ccncc1.c1ccncc1. The summed E-state index contributed by atoms with van der Waals surface area (Å²) in [7, 11) is 0. The Hall–Kier alpha value is -4.96. The molecule has 0 amide bonds. The number of aryl methyl sites for hydroxylation is 4. The summed E-state index contributed by atoms with van der Waals surface area (Å²) in [4.78, 5) is 15.1. The van der Waals surface area contributed by atoms with E-state index < -0.39 is 0 Å². The summed E-state index contributed by atoms with van der Waals surface area (Å²) in [6.45, 7) is 8.66. The van der Waals surface area contributed by atoms with Crippen molar-refractivity contribution < 1.29 is 0 Å². The first-order valence-corrected chi connectivity index (χ1v) is 13.6. The molecule has 208 valence electrons. The van der Waals surface area contributed by atoms with E-state index in [1.54, 1.807) is 49.6 Å². The zero-order valence-electron chi connectivity index (χ0n) is 24.5. The molecule has 0 saturated carbocycles. The van der Waals surface area contributed by atoms with E-state index >= 15 is 0 Å². The number of rotatable bonds is 2. The maximum atomic E-state index is 3.78. The zero-order valence-corrected chi connectivity index (χ0v) is 24.5. The fourth-order valence-corrected chi connectivity index (χ4v) is 3.83. The van der Waals surface area contributed by atoms with Crippen LogP contribution in [0.2, 0.25) is 0 Å². The van der Waals surface area contributed by atoms with E-state index in [4.69, 9.17) is 0 Å². The van der Waals surface area contributed by atoms with Gasteiger partial charge in [-0.15, -0.1) is 0 Å². The third kappa shape index (κ3) is 17.3. The Kier molecular flexibility index (Phi) is 16.5. The molecule has 4 nitrogen and oxygen atoms in total. The first kappa shape index (κ1) is 32.3. The monoisotopic (exact) mass is 540 g/mol. The summed E-state index contributed by atoms with van der Waals surface area (Å²) in [5, 5.41) is 0. The molecule has 0 aliphatic heterocycles. The number of hydrogen-bond acceptors (Lipinski definition) is 4. The van der Waals surface area contributed by atoms with Crippen LogP contribution in [-0.4, -0.2) is 19.9 Å². The highest BCUT2D eigenvalue weighted by Crippen LogP contribution is 2.16. The normalized spacial score (nSPS) is 9.07. The standard InChI is InChI=1S/C17H20.4C5H5N/c1-12-5-13(2)8-16(7-12)11-17-9-14(3)6-15(4)10-17;4*1-2-4-6-5-3-1/h5-10H,11H2,1-4H3;4*1-5H. The van der Waals surface area contributed by atoms with Crippen LogP contribution in [0.3, 0.4) is 0 Å². The minimum atomic E-state index is 1.03. The molecule has 0 bridgehead atoms. The lowest BCUT2D eigenvalue weighted by atomic mass is 9.98. The fraction of sp³-hybridized carbons (Fsp3) is 0.135. The number of pyridine rings is 4. The van der Waals surface area contributed by atoms with Crippen molar-refractivity contribution in [3.63, 3.8) is 0 Å². The van der Waals surface area contributed by atoms with Crippen LogP contribution in [0, 0.1) is 27.7 Å². The molecule has 2 aromatic carbocycles. The second-order valence-electron chi connectivity index (χ2n) is 9.27. The maximum Gasteiger partial charge on any atom is 0.0267 e. The van der Waals surface area contributed by atoms with Gasteiger partial charge in [0, 0.05) is 49.6 Å². The lowest BCUT2D eigenvalue weighted by molar-refractivity contribution is 1.15. The quantitative estimate of drug-likeness (QED) is 0.220. The maximum absolute atomic E-state index is 3.78. The second-order valence-corrected chi connectivity index (χ2v) is 9.27. The van der Waals surface area contributed by atoms with Gasteiger partial charge in [0.2, 0.25) is 0 Å². The molecule has 0 atom stereocenters. The lowest BCUT2D eigenvalue weighted by Gasteiger charge is -2.07. The molecule has 41 heavy (non-hydrogen) atoms. The van der Waals surface area contributed by atoms with Crippen LogP contribution in [0.5, 0.6) is 0 Å². The van der Waals surface area contributed by atoms with Gasteiger partial charge in [0.15, 0.2) is 0 Å². The van der Waals surface area contributed by atoms with Crippen molar-refractivity contribution in [1.82, 2.24) is 19.9 Å². The van der Waals surface area contributed by atoms with Crippen molar-refractivity contribution in [1.29, 1.82) is 0 Å². The van der Waals surface area contributed by atoms with Crippen LogP contribution in [-0.2, 0) is 6.42 Å². The Bertz CT molecular complexity index is 1100. The Labute approximate surface area is 245 Å². The topological polar surface area (TPSA) is 51.6 Å². The average Bonchev–Trinajstić information content (AvgIpc) is 3.01. The van der Waals surface area contributed by atoms with Crippen molar-refractivity contribution in [3.05, 3.63) is 192 Å². The van der Waals surface area contributed by atoms with Gasteiger partial charge in [-0.05, 0) is 93.8 Å². The average molecular weight is 541 g/mol. The van der Waals surface area contributed by atoms with Crippen molar-refractivity contribution in [2.75, 3.05) is 0 Å². The molecule has 4 aromatic heterocycles. The van der Waals surface area contributed by atoms with Crippen molar-refractivity contribution in [2.45, 2.75) is 34.1 Å². The summed E-state index contributed by atoms with van der Waals surface area (Å²) in [6, 6.07) is 36.4. The summed E-state index contributed by atoms with van der Waals surface area (Å²) in [6.07, 6.45) is 15.0. The van der Waals surface area contributed by atoms with Gasteiger partial charge in [-0.3, -0.25) is 19.9 Å². The Morgan fingerprint density at radius 3 is 0.683 bits per heavy atom. The molecular weight excluding hydrogens is 500 g/mol. The molecule has 4 heterocycles. The zero-order chi connectivity index (χ0) is 29.4. The van der Waals surface area contributed by atoms with E-state index in [2.05, 4.69) is 84.0 Å². The van der Waals surface area contributed by atoms with Gasteiger partial charge in [0.05, 0.1) is 0 Å². The highest BCUT2D eigenvalue weighted by molar-refractivity contribution is 5.35. The van der Waals surface area contributed by atoms with Crippen LogP contribution < -0.4 is 0 Å². The molecule has 6 aromatic rings. The van der Waals surface area contributed by atoms with Gasteiger partial charge in [-0.1, -0.05) is 82.9 Å². The van der Waals surface area contributed by atoms with Crippen LogP contribution in [0.15, 0.2) is 159 Å². The summed E-state index contributed by atoms with van der Waals surface area (Å²) >= 11 is 0. The summed E-state index contributed by atoms with van der Waals surface area (Å²) < 4.78 is 0.